The lowest BCUT2D eigenvalue weighted by molar-refractivity contribution is -0.147. The number of carboxylic acid groups (broad SMARTS) is 1. The van der Waals surface area contributed by atoms with Crippen LogP contribution >= 0.6 is 11.6 Å². The molecule has 1 aromatic heterocycles. The van der Waals surface area contributed by atoms with Gasteiger partial charge in [0.05, 0.1) is 39.2 Å². The quantitative estimate of drug-likeness (QED) is 0.630. The van der Waals surface area contributed by atoms with Gasteiger partial charge in [-0.25, -0.2) is 4.39 Å². The highest BCUT2D eigenvalue weighted by Crippen LogP contribution is 2.38. The molecule has 31 heavy (non-hydrogen) atoms. The van der Waals surface area contributed by atoms with Crippen molar-refractivity contribution in [2.45, 2.75) is 26.4 Å². The summed E-state index contributed by atoms with van der Waals surface area (Å²) in [4.78, 5) is 24.8. The molecule has 3 aromatic rings. The Morgan fingerprint density at radius 3 is 2.58 bits per heavy atom. The van der Waals surface area contributed by atoms with Gasteiger partial charge in [0.1, 0.15) is 5.82 Å². The third-order valence-electron chi connectivity index (χ3n) is 5.77. The zero-order chi connectivity index (χ0) is 22.4. The number of allylic oxidation sites excluding steroid dienone is 1. The molecule has 6 nitrogen and oxygen atoms in total. The Morgan fingerprint density at radius 1 is 1.23 bits per heavy atom. The SMILES string of the molecule is Cc1cccc(Cl)c1C(=O)n1nc(C2=CC(O)C(C(=O)O)C(C)C2)c2c(F)cccc21. The lowest BCUT2D eigenvalue weighted by Gasteiger charge is -2.29. The number of rotatable bonds is 3. The monoisotopic (exact) mass is 442 g/mol. The predicted octanol–water partition coefficient (Wildman–Crippen LogP) is 4.31. The van der Waals surface area contributed by atoms with Gasteiger partial charge in [-0.2, -0.15) is 9.78 Å². The third-order valence-corrected chi connectivity index (χ3v) is 6.08. The Balaban J connectivity index is 1.91. The molecule has 8 heteroatoms. The molecule has 160 valence electrons. The highest BCUT2D eigenvalue weighted by atomic mass is 35.5. The van der Waals surface area contributed by atoms with Crippen LogP contribution in [0.2, 0.25) is 5.02 Å². The fraction of sp³-hybridized carbons (Fsp3) is 0.261. The van der Waals surface area contributed by atoms with E-state index in [0.29, 0.717) is 11.1 Å². The second kappa shape index (κ2) is 7.90. The lowest BCUT2D eigenvalue weighted by atomic mass is 9.78. The number of aliphatic hydroxyl groups is 1. The van der Waals surface area contributed by atoms with E-state index in [4.69, 9.17) is 11.6 Å². The van der Waals surface area contributed by atoms with Gasteiger partial charge in [0.2, 0.25) is 0 Å². The maximum atomic E-state index is 14.9. The molecule has 0 bridgehead atoms. The lowest BCUT2D eigenvalue weighted by Crippen LogP contribution is -2.35. The number of aliphatic carboxylic acids is 1. The van der Waals surface area contributed by atoms with Crippen LogP contribution in [-0.4, -0.2) is 38.0 Å². The van der Waals surface area contributed by atoms with E-state index in [1.807, 2.05) is 0 Å². The number of benzene rings is 2. The number of aryl methyl sites for hydroxylation is 1. The first-order valence-electron chi connectivity index (χ1n) is 9.79. The molecule has 2 N–H and O–H groups in total. The summed E-state index contributed by atoms with van der Waals surface area (Å²) in [5.41, 5.74) is 1.89. The van der Waals surface area contributed by atoms with Gasteiger partial charge < -0.3 is 10.2 Å². The van der Waals surface area contributed by atoms with Crippen molar-refractivity contribution in [2.75, 3.05) is 0 Å². The predicted molar refractivity (Wildman–Crippen MR) is 114 cm³/mol. The average Bonchev–Trinajstić information content (AvgIpc) is 3.08. The van der Waals surface area contributed by atoms with Crippen LogP contribution < -0.4 is 0 Å². The largest absolute Gasteiger partial charge is 0.481 e. The summed E-state index contributed by atoms with van der Waals surface area (Å²) in [5, 5.41) is 24.6. The van der Waals surface area contributed by atoms with Crippen LogP contribution in [-0.2, 0) is 4.79 Å². The number of fused-ring (bicyclic) bond motifs is 1. The van der Waals surface area contributed by atoms with E-state index in [2.05, 4.69) is 5.10 Å². The van der Waals surface area contributed by atoms with E-state index in [9.17, 15) is 24.2 Å². The Labute approximate surface area is 182 Å². The van der Waals surface area contributed by atoms with Crippen LogP contribution in [0, 0.1) is 24.6 Å². The van der Waals surface area contributed by atoms with E-state index < -0.39 is 35.6 Å². The number of halogens is 2. The zero-order valence-corrected chi connectivity index (χ0v) is 17.6. The van der Waals surface area contributed by atoms with Crippen LogP contribution in [0.4, 0.5) is 4.39 Å². The number of carbonyl (C=O) groups is 2. The van der Waals surface area contributed by atoms with Crippen LogP contribution in [0.3, 0.4) is 0 Å². The van der Waals surface area contributed by atoms with Crippen LogP contribution in [0.25, 0.3) is 16.5 Å². The second-order valence-corrected chi connectivity index (χ2v) is 8.27. The number of hydrogen-bond acceptors (Lipinski definition) is 4. The van der Waals surface area contributed by atoms with Gasteiger partial charge in [-0.1, -0.05) is 36.7 Å². The van der Waals surface area contributed by atoms with Gasteiger partial charge in [0.15, 0.2) is 0 Å². The molecule has 2 aromatic carbocycles. The van der Waals surface area contributed by atoms with Crippen molar-refractivity contribution >= 4 is 40.0 Å². The fourth-order valence-corrected chi connectivity index (χ4v) is 4.57. The van der Waals surface area contributed by atoms with Crippen molar-refractivity contribution in [3.63, 3.8) is 0 Å². The zero-order valence-electron chi connectivity index (χ0n) is 16.8. The molecule has 0 amide bonds. The van der Waals surface area contributed by atoms with Crippen LogP contribution in [0.15, 0.2) is 42.5 Å². The first-order valence-corrected chi connectivity index (χ1v) is 10.2. The summed E-state index contributed by atoms with van der Waals surface area (Å²) >= 11 is 6.26. The van der Waals surface area contributed by atoms with E-state index in [1.54, 1.807) is 38.1 Å². The molecule has 0 saturated carbocycles. The van der Waals surface area contributed by atoms with E-state index in [1.165, 1.54) is 18.2 Å². The molecule has 0 saturated heterocycles. The Hall–Kier alpha value is -3.03. The molecule has 1 aliphatic rings. The van der Waals surface area contributed by atoms with Crippen molar-refractivity contribution in [2.24, 2.45) is 11.8 Å². The van der Waals surface area contributed by atoms with Crippen molar-refractivity contribution in [1.82, 2.24) is 9.78 Å². The molecular weight excluding hydrogens is 423 g/mol. The Kier molecular flexibility index (Phi) is 5.41. The summed E-state index contributed by atoms with van der Waals surface area (Å²) in [5.74, 6) is -3.53. The number of carbonyl (C=O) groups excluding carboxylic acids is 1. The van der Waals surface area contributed by atoms with Crippen LogP contribution in [0.5, 0.6) is 0 Å². The molecule has 3 atom stereocenters. The minimum atomic E-state index is -1.25. The number of nitrogens with zero attached hydrogens (tertiary/aromatic N) is 2. The van der Waals surface area contributed by atoms with Crippen LogP contribution in [0.1, 0.15) is 35.0 Å². The minimum Gasteiger partial charge on any atom is -0.481 e. The molecule has 0 aliphatic heterocycles. The van der Waals surface area contributed by atoms with E-state index >= 15 is 0 Å². The third kappa shape index (κ3) is 3.54. The highest BCUT2D eigenvalue weighted by molar-refractivity contribution is 6.34. The van der Waals surface area contributed by atoms with Gasteiger partial charge in [0.25, 0.3) is 5.91 Å². The van der Waals surface area contributed by atoms with E-state index in [-0.39, 0.29) is 33.6 Å². The number of aliphatic hydroxyl groups excluding tert-OH is 1. The topological polar surface area (TPSA) is 92.4 Å². The number of aromatic nitrogens is 2. The van der Waals surface area contributed by atoms with Crippen molar-refractivity contribution in [1.29, 1.82) is 0 Å². The van der Waals surface area contributed by atoms with Gasteiger partial charge in [0, 0.05) is 0 Å². The van der Waals surface area contributed by atoms with Gasteiger partial charge in [-0.15, -0.1) is 0 Å². The summed E-state index contributed by atoms with van der Waals surface area (Å²) in [6, 6.07) is 9.42. The number of carboxylic acids is 1. The first-order chi connectivity index (χ1) is 14.7. The molecule has 0 fully saturated rings. The fourth-order valence-electron chi connectivity index (χ4n) is 4.27. The van der Waals surface area contributed by atoms with E-state index in [0.717, 1.165) is 4.68 Å². The standard InChI is InChI=1S/C23H20ClFN2O4/c1-11-5-3-6-14(24)18(11)22(29)27-16-8-4-7-15(25)20(16)21(26-27)13-9-12(2)19(23(30)31)17(28)10-13/h3-8,10,12,17,19,28H,9H2,1-2H3,(H,30,31). The Bertz CT molecular complexity index is 1230. The normalized spacial score (nSPS) is 21.2. The molecule has 4 rings (SSSR count). The molecule has 1 heterocycles. The minimum absolute atomic E-state index is 0.139. The summed E-state index contributed by atoms with van der Waals surface area (Å²) < 4.78 is 16.0. The van der Waals surface area contributed by atoms with Crippen molar-refractivity contribution in [3.8, 4) is 0 Å². The van der Waals surface area contributed by atoms with Gasteiger partial charge in [-0.3, -0.25) is 9.59 Å². The van der Waals surface area contributed by atoms with Gasteiger partial charge in [-0.05, 0) is 54.7 Å². The maximum absolute atomic E-state index is 14.9. The van der Waals surface area contributed by atoms with Gasteiger partial charge >= 0.3 is 5.97 Å². The molecule has 0 spiro atoms. The molecular formula is C23H20ClFN2O4. The smallest absolute Gasteiger partial charge is 0.309 e. The number of hydrogen-bond donors (Lipinski definition) is 2. The highest BCUT2D eigenvalue weighted by Gasteiger charge is 2.36. The summed E-state index contributed by atoms with van der Waals surface area (Å²) in [6.45, 7) is 3.46. The summed E-state index contributed by atoms with van der Waals surface area (Å²) in [7, 11) is 0. The second-order valence-electron chi connectivity index (χ2n) is 7.86. The average molecular weight is 443 g/mol. The molecule has 3 unspecified atom stereocenters. The van der Waals surface area contributed by atoms with Crippen molar-refractivity contribution in [3.05, 3.63) is 70.1 Å². The molecule has 1 aliphatic carbocycles. The molecule has 0 radical (unpaired) electrons. The summed E-state index contributed by atoms with van der Waals surface area (Å²) in [6.07, 6.45) is 0.417. The first kappa shape index (κ1) is 21.2. The maximum Gasteiger partial charge on any atom is 0.309 e. The van der Waals surface area contributed by atoms with Crippen molar-refractivity contribution < 1.29 is 24.2 Å². The Morgan fingerprint density at radius 2 is 1.94 bits per heavy atom.